The summed E-state index contributed by atoms with van der Waals surface area (Å²) >= 11 is 0. The highest BCUT2D eigenvalue weighted by Gasteiger charge is 2.42. The maximum Gasteiger partial charge on any atom is 0.310 e. The molecule has 0 radical (unpaired) electrons. The molecule has 3 unspecified atom stereocenters. The summed E-state index contributed by atoms with van der Waals surface area (Å²) < 4.78 is 10.9. The number of amides is 1. The molecule has 0 aliphatic carbocycles. The first-order valence-corrected chi connectivity index (χ1v) is 10.7. The van der Waals surface area contributed by atoms with Crippen LogP contribution in [0, 0.1) is 5.92 Å². The molecular formula is C22H33N3O4. The van der Waals surface area contributed by atoms with Gasteiger partial charge in [0.1, 0.15) is 6.04 Å². The number of piperazine rings is 1. The normalized spacial score (nSPS) is 25.0. The highest BCUT2D eigenvalue weighted by molar-refractivity contribution is 5.88. The minimum absolute atomic E-state index is 0.0138. The van der Waals surface area contributed by atoms with E-state index in [9.17, 15) is 9.59 Å². The van der Waals surface area contributed by atoms with E-state index < -0.39 is 12.0 Å². The van der Waals surface area contributed by atoms with Gasteiger partial charge in [0.2, 0.25) is 5.91 Å². The fourth-order valence-corrected chi connectivity index (χ4v) is 4.09. The number of benzene rings is 1. The molecular weight excluding hydrogens is 370 g/mol. The summed E-state index contributed by atoms with van der Waals surface area (Å²) in [6.45, 7) is 6.25. The molecule has 7 heteroatoms. The number of piperidine rings is 1. The smallest absolute Gasteiger partial charge is 0.310 e. The molecule has 0 aromatic heterocycles. The van der Waals surface area contributed by atoms with Crippen molar-refractivity contribution in [1.29, 1.82) is 0 Å². The van der Waals surface area contributed by atoms with Crippen LogP contribution < -0.4 is 10.2 Å². The molecule has 29 heavy (non-hydrogen) atoms. The zero-order valence-corrected chi connectivity index (χ0v) is 17.5. The molecule has 160 valence electrons. The number of ether oxygens (including phenoxy) is 2. The van der Waals surface area contributed by atoms with Gasteiger partial charge in [-0.3, -0.25) is 9.59 Å². The second-order valence-corrected chi connectivity index (χ2v) is 7.75. The molecule has 1 N–H and O–H groups in total. The predicted octanol–water partition coefficient (Wildman–Crippen LogP) is 1.67. The molecule has 2 heterocycles. The molecule has 2 saturated heterocycles. The number of carbonyl (C=O) groups is 2. The van der Waals surface area contributed by atoms with Crippen LogP contribution in [0.4, 0.5) is 5.69 Å². The van der Waals surface area contributed by atoms with E-state index in [-0.39, 0.29) is 18.0 Å². The van der Waals surface area contributed by atoms with Gasteiger partial charge >= 0.3 is 5.97 Å². The molecule has 0 spiro atoms. The number of nitrogens with zero attached hydrogens (tertiary/aromatic N) is 2. The van der Waals surface area contributed by atoms with Gasteiger partial charge in [-0.15, -0.1) is 0 Å². The third-order valence-corrected chi connectivity index (χ3v) is 5.82. The number of methoxy groups -OCH3 is 1. The van der Waals surface area contributed by atoms with Gasteiger partial charge in [0.15, 0.2) is 0 Å². The van der Waals surface area contributed by atoms with Gasteiger partial charge in [-0.2, -0.15) is 0 Å². The first-order chi connectivity index (χ1) is 14.1. The number of rotatable bonds is 7. The van der Waals surface area contributed by atoms with Crippen molar-refractivity contribution in [3.63, 3.8) is 0 Å². The zero-order valence-electron chi connectivity index (χ0n) is 17.5. The lowest BCUT2D eigenvalue weighted by molar-refractivity contribution is -0.155. The van der Waals surface area contributed by atoms with Crippen LogP contribution >= 0.6 is 0 Å². The van der Waals surface area contributed by atoms with Gasteiger partial charge in [0.05, 0.1) is 19.1 Å². The molecule has 2 aliphatic rings. The summed E-state index contributed by atoms with van der Waals surface area (Å²) in [6.07, 6.45) is 2.51. The summed E-state index contributed by atoms with van der Waals surface area (Å²) in [4.78, 5) is 29.7. The van der Waals surface area contributed by atoms with Crippen LogP contribution in [0.1, 0.15) is 26.2 Å². The SMILES string of the molecule is CCCCOC1CNC(C(=O)N2CCN(c3ccccc3)CC2)C(C(=O)OC)C1. The summed E-state index contributed by atoms with van der Waals surface area (Å²) in [5.74, 6) is -0.872. The molecule has 2 aliphatic heterocycles. The fraction of sp³-hybridized carbons (Fsp3) is 0.636. The summed E-state index contributed by atoms with van der Waals surface area (Å²) in [5, 5.41) is 3.27. The Labute approximate surface area is 173 Å². The van der Waals surface area contributed by atoms with E-state index in [1.807, 2.05) is 23.1 Å². The predicted molar refractivity (Wildman–Crippen MR) is 112 cm³/mol. The Morgan fingerprint density at radius 3 is 2.52 bits per heavy atom. The van der Waals surface area contributed by atoms with Crippen molar-refractivity contribution < 1.29 is 19.1 Å². The Kier molecular flexibility index (Phi) is 7.89. The zero-order chi connectivity index (χ0) is 20.6. The van der Waals surface area contributed by atoms with Crippen molar-refractivity contribution in [2.24, 2.45) is 5.92 Å². The van der Waals surface area contributed by atoms with E-state index in [0.29, 0.717) is 32.7 Å². The van der Waals surface area contributed by atoms with Crippen molar-refractivity contribution in [3.8, 4) is 0 Å². The van der Waals surface area contributed by atoms with Crippen LogP contribution in [0.15, 0.2) is 30.3 Å². The maximum absolute atomic E-state index is 13.2. The largest absolute Gasteiger partial charge is 0.469 e. The van der Waals surface area contributed by atoms with Crippen molar-refractivity contribution in [2.45, 2.75) is 38.3 Å². The minimum Gasteiger partial charge on any atom is -0.469 e. The molecule has 1 amide bonds. The molecule has 2 fully saturated rings. The third kappa shape index (κ3) is 5.48. The van der Waals surface area contributed by atoms with E-state index in [1.165, 1.54) is 12.8 Å². The number of nitrogens with one attached hydrogen (secondary N) is 1. The van der Waals surface area contributed by atoms with Crippen molar-refractivity contribution in [2.75, 3.05) is 51.3 Å². The van der Waals surface area contributed by atoms with Crippen LogP contribution in [0.5, 0.6) is 0 Å². The Bertz CT molecular complexity index is 661. The van der Waals surface area contributed by atoms with Crippen LogP contribution in [0.2, 0.25) is 0 Å². The second kappa shape index (κ2) is 10.6. The van der Waals surface area contributed by atoms with E-state index in [4.69, 9.17) is 9.47 Å². The Morgan fingerprint density at radius 1 is 1.14 bits per heavy atom. The molecule has 3 atom stereocenters. The average Bonchev–Trinajstić information content (AvgIpc) is 2.79. The second-order valence-electron chi connectivity index (χ2n) is 7.75. The lowest BCUT2D eigenvalue weighted by atomic mass is 9.88. The Hall–Kier alpha value is -2.12. The number of para-hydroxylation sites is 1. The van der Waals surface area contributed by atoms with E-state index in [1.54, 1.807) is 0 Å². The van der Waals surface area contributed by atoms with Crippen LogP contribution in [-0.4, -0.2) is 75.4 Å². The average molecular weight is 404 g/mol. The molecule has 7 nitrogen and oxygen atoms in total. The van der Waals surface area contributed by atoms with Crippen LogP contribution in [0.3, 0.4) is 0 Å². The van der Waals surface area contributed by atoms with Gasteiger partial charge in [0.25, 0.3) is 0 Å². The summed E-state index contributed by atoms with van der Waals surface area (Å²) in [7, 11) is 1.38. The highest BCUT2D eigenvalue weighted by atomic mass is 16.5. The summed E-state index contributed by atoms with van der Waals surface area (Å²) in [5.41, 5.74) is 1.18. The molecule has 1 aromatic carbocycles. The van der Waals surface area contributed by atoms with Crippen molar-refractivity contribution in [3.05, 3.63) is 30.3 Å². The number of hydrogen-bond donors (Lipinski definition) is 1. The van der Waals surface area contributed by atoms with Crippen LogP contribution in [0.25, 0.3) is 0 Å². The van der Waals surface area contributed by atoms with Gasteiger partial charge in [0, 0.05) is 45.0 Å². The first kappa shape index (κ1) is 21.6. The number of anilines is 1. The van der Waals surface area contributed by atoms with E-state index in [0.717, 1.165) is 25.9 Å². The number of unbranched alkanes of at least 4 members (excludes halogenated alkanes) is 1. The standard InChI is InChI=1S/C22H33N3O4/c1-3-4-14-29-18-15-19(22(27)28-2)20(23-16-18)21(26)25-12-10-24(11-13-25)17-8-6-5-7-9-17/h5-9,18-20,23H,3-4,10-16H2,1-2H3. The fourth-order valence-electron chi connectivity index (χ4n) is 4.09. The van der Waals surface area contributed by atoms with Gasteiger partial charge in [-0.05, 0) is 25.0 Å². The highest BCUT2D eigenvalue weighted by Crippen LogP contribution is 2.23. The van der Waals surface area contributed by atoms with Crippen molar-refractivity contribution >= 4 is 17.6 Å². The van der Waals surface area contributed by atoms with E-state index in [2.05, 4.69) is 29.3 Å². The quantitative estimate of drug-likeness (QED) is 0.552. The van der Waals surface area contributed by atoms with Crippen LogP contribution in [-0.2, 0) is 19.1 Å². The summed E-state index contributed by atoms with van der Waals surface area (Å²) in [6, 6.07) is 9.69. The molecule has 0 saturated carbocycles. The maximum atomic E-state index is 13.2. The first-order valence-electron chi connectivity index (χ1n) is 10.7. The molecule has 0 bridgehead atoms. The van der Waals surface area contributed by atoms with Crippen molar-refractivity contribution in [1.82, 2.24) is 10.2 Å². The van der Waals surface area contributed by atoms with Gasteiger partial charge in [-0.25, -0.2) is 0 Å². The molecule has 3 rings (SSSR count). The number of esters is 1. The number of carbonyl (C=O) groups excluding carboxylic acids is 2. The monoisotopic (exact) mass is 403 g/mol. The lowest BCUT2D eigenvalue weighted by Gasteiger charge is -2.41. The topological polar surface area (TPSA) is 71.1 Å². The Balaban J connectivity index is 1.58. The third-order valence-electron chi connectivity index (χ3n) is 5.82. The van der Waals surface area contributed by atoms with Gasteiger partial charge in [-0.1, -0.05) is 31.5 Å². The lowest BCUT2D eigenvalue weighted by Crippen LogP contribution is -2.61. The van der Waals surface area contributed by atoms with E-state index >= 15 is 0 Å². The minimum atomic E-state index is -0.545. The van der Waals surface area contributed by atoms with Gasteiger partial charge < -0.3 is 24.6 Å². The Morgan fingerprint density at radius 2 is 1.86 bits per heavy atom. The number of hydrogen-bond acceptors (Lipinski definition) is 6. The molecule has 1 aromatic rings.